The predicted octanol–water partition coefficient (Wildman–Crippen LogP) is 4.86. The van der Waals surface area contributed by atoms with Gasteiger partial charge in [0, 0.05) is 17.6 Å². The van der Waals surface area contributed by atoms with E-state index in [4.69, 9.17) is 23.2 Å². The van der Waals surface area contributed by atoms with E-state index in [2.05, 4.69) is 21.2 Å². The first-order valence-corrected chi connectivity index (χ1v) is 14.1. The van der Waals surface area contributed by atoms with Crippen molar-refractivity contribution in [2.24, 2.45) is 0 Å². The number of hydrogen-bond acceptors (Lipinski definition) is 4. The van der Waals surface area contributed by atoms with Crippen LogP contribution in [-0.2, 0) is 26.2 Å². The summed E-state index contributed by atoms with van der Waals surface area (Å²) in [6.07, 6.45) is 2.74. The molecule has 2 amide bonds. The minimum atomic E-state index is -3.84. The molecule has 0 unspecified atom stereocenters. The normalized spacial score (nSPS) is 12.2. The Balaban J connectivity index is 2.37. The van der Waals surface area contributed by atoms with Crippen molar-refractivity contribution in [1.29, 1.82) is 0 Å². The van der Waals surface area contributed by atoms with Crippen LogP contribution in [0.4, 0.5) is 5.69 Å². The number of amides is 2. The summed E-state index contributed by atoms with van der Waals surface area (Å²) in [5.74, 6) is -0.841. The molecule has 2 aromatic carbocycles. The van der Waals surface area contributed by atoms with Crippen LogP contribution in [0.5, 0.6) is 0 Å². The minimum absolute atomic E-state index is 0.125. The number of carbonyl (C=O) groups is 2. The van der Waals surface area contributed by atoms with Crippen molar-refractivity contribution in [3.63, 3.8) is 0 Å². The van der Waals surface area contributed by atoms with Gasteiger partial charge in [0.2, 0.25) is 21.8 Å². The number of sulfonamides is 1. The van der Waals surface area contributed by atoms with Crippen LogP contribution in [0.15, 0.2) is 46.9 Å². The summed E-state index contributed by atoms with van der Waals surface area (Å²) >= 11 is 15.5. The molecule has 0 aliphatic heterocycles. The van der Waals surface area contributed by atoms with Gasteiger partial charge in [0.05, 0.1) is 22.0 Å². The maximum atomic E-state index is 13.5. The molecule has 0 spiro atoms. The van der Waals surface area contributed by atoms with Crippen molar-refractivity contribution in [2.45, 2.75) is 39.3 Å². The third-order valence-electron chi connectivity index (χ3n) is 5.11. The van der Waals surface area contributed by atoms with Crippen LogP contribution in [-0.4, -0.2) is 50.5 Å². The monoisotopic (exact) mass is 591 g/mol. The van der Waals surface area contributed by atoms with Gasteiger partial charge in [0.15, 0.2) is 0 Å². The Morgan fingerprint density at radius 2 is 1.82 bits per heavy atom. The number of carbonyl (C=O) groups excluding carboxylic acids is 2. The Labute approximate surface area is 219 Å². The molecule has 0 fully saturated rings. The van der Waals surface area contributed by atoms with Crippen LogP contribution in [0, 0.1) is 0 Å². The fourth-order valence-corrected chi connectivity index (χ4v) is 4.79. The molecular weight excluding hydrogens is 565 g/mol. The molecular formula is C23H28BrCl2N3O4S. The van der Waals surface area contributed by atoms with Crippen molar-refractivity contribution in [3.05, 3.63) is 62.5 Å². The van der Waals surface area contributed by atoms with Gasteiger partial charge in [-0.2, -0.15) is 0 Å². The summed E-state index contributed by atoms with van der Waals surface area (Å²) in [6.45, 7) is 3.76. The molecule has 0 radical (unpaired) electrons. The highest BCUT2D eigenvalue weighted by Gasteiger charge is 2.30. The zero-order valence-electron chi connectivity index (χ0n) is 19.2. The third kappa shape index (κ3) is 8.15. The summed E-state index contributed by atoms with van der Waals surface area (Å²) in [6, 6.07) is 10.9. The van der Waals surface area contributed by atoms with E-state index < -0.39 is 28.5 Å². The standard InChI is InChI=1S/C23H28BrCl2N3O4S/c1-4-5-11-27-23(31)16(2)28(14-17-7-6-8-18(24)12-17)22(30)15-29(34(3,32)33)19-9-10-20(25)21(26)13-19/h6-10,12-13,16H,4-5,11,14-15H2,1-3H3,(H,27,31)/t16-/m0/s1. The average Bonchev–Trinajstić information content (AvgIpc) is 2.76. The fraction of sp³-hybridized carbons (Fsp3) is 0.391. The van der Waals surface area contributed by atoms with E-state index in [0.29, 0.717) is 6.54 Å². The molecule has 0 saturated carbocycles. The maximum absolute atomic E-state index is 13.5. The van der Waals surface area contributed by atoms with E-state index in [9.17, 15) is 18.0 Å². The van der Waals surface area contributed by atoms with Gasteiger partial charge < -0.3 is 10.2 Å². The third-order valence-corrected chi connectivity index (χ3v) is 7.48. The molecule has 2 rings (SSSR count). The second-order valence-electron chi connectivity index (χ2n) is 7.84. The van der Waals surface area contributed by atoms with Crippen LogP contribution in [0.2, 0.25) is 10.0 Å². The van der Waals surface area contributed by atoms with Crippen LogP contribution >= 0.6 is 39.1 Å². The first-order chi connectivity index (χ1) is 15.9. The number of anilines is 1. The summed E-state index contributed by atoms with van der Waals surface area (Å²) in [5.41, 5.74) is 0.990. The predicted molar refractivity (Wildman–Crippen MR) is 141 cm³/mol. The smallest absolute Gasteiger partial charge is 0.244 e. The summed E-state index contributed by atoms with van der Waals surface area (Å²) in [5, 5.41) is 3.26. The Bertz CT molecular complexity index is 1130. The lowest BCUT2D eigenvalue weighted by atomic mass is 10.1. The molecule has 0 aromatic heterocycles. The van der Waals surface area contributed by atoms with Crippen LogP contribution < -0.4 is 9.62 Å². The van der Waals surface area contributed by atoms with Gasteiger partial charge in [-0.25, -0.2) is 8.42 Å². The van der Waals surface area contributed by atoms with E-state index in [1.807, 2.05) is 31.2 Å². The quantitative estimate of drug-likeness (QED) is 0.378. The lowest BCUT2D eigenvalue weighted by molar-refractivity contribution is -0.139. The van der Waals surface area contributed by atoms with Gasteiger partial charge in [-0.05, 0) is 49.2 Å². The summed E-state index contributed by atoms with van der Waals surface area (Å²) in [7, 11) is -3.84. The molecule has 34 heavy (non-hydrogen) atoms. The topological polar surface area (TPSA) is 86.8 Å². The van der Waals surface area contributed by atoms with Crippen molar-refractivity contribution in [1.82, 2.24) is 10.2 Å². The molecule has 2 aromatic rings. The highest BCUT2D eigenvalue weighted by atomic mass is 79.9. The summed E-state index contributed by atoms with van der Waals surface area (Å²) in [4.78, 5) is 27.6. The van der Waals surface area contributed by atoms with Gasteiger partial charge in [-0.15, -0.1) is 0 Å². The largest absolute Gasteiger partial charge is 0.354 e. The van der Waals surface area contributed by atoms with Gasteiger partial charge in [0.25, 0.3) is 0 Å². The average molecular weight is 593 g/mol. The lowest BCUT2D eigenvalue weighted by Crippen LogP contribution is -2.51. The minimum Gasteiger partial charge on any atom is -0.354 e. The van der Waals surface area contributed by atoms with Gasteiger partial charge in [0.1, 0.15) is 12.6 Å². The Morgan fingerprint density at radius 1 is 1.12 bits per heavy atom. The maximum Gasteiger partial charge on any atom is 0.244 e. The number of nitrogens with one attached hydrogen (secondary N) is 1. The molecule has 1 N–H and O–H groups in total. The number of hydrogen-bond donors (Lipinski definition) is 1. The number of rotatable bonds is 11. The zero-order valence-corrected chi connectivity index (χ0v) is 23.1. The van der Waals surface area contributed by atoms with Crippen LogP contribution in [0.1, 0.15) is 32.3 Å². The Kier molecular flexibility index (Phi) is 10.7. The molecule has 186 valence electrons. The van der Waals surface area contributed by atoms with Crippen molar-refractivity contribution in [2.75, 3.05) is 23.7 Å². The number of unbranched alkanes of at least 4 members (excludes halogenated alkanes) is 1. The Morgan fingerprint density at radius 3 is 2.41 bits per heavy atom. The number of halogens is 3. The van der Waals surface area contributed by atoms with Crippen molar-refractivity contribution >= 4 is 66.7 Å². The highest BCUT2D eigenvalue weighted by Crippen LogP contribution is 2.28. The van der Waals surface area contributed by atoms with Crippen molar-refractivity contribution in [3.8, 4) is 0 Å². The van der Waals surface area contributed by atoms with E-state index in [0.717, 1.165) is 33.4 Å². The molecule has 0 bridgehead atoms. The molecule has 1 atom stereocenters. The van der Waals surface area contributed by atoms with Gasteiger partial charge >= 0.3 is 0 Å². The SMILES string of the molecule is CCCCNC(=O)[C@H](C)N(Cc1cccc(Br)c1)C(=O)CN(c1ccc(Cl)c(Cl)c1)S(C)(=O)=O. The first-order valence-electron chi connectivity index (χ1n) is 10.7. The number of nitrogens with zero attached hydrogens (tertiary/aromatic N) is 2. The molecule has 0 saturated heterocycles. The highest BCUT2D eigenvalue weighted by molar-refractivity contribution is 9.10. The second kappa shape index (κ2) is 12.8. The van der Waals surface area contributed by atoms with E-state index in [-0.39, 0.29) is 28.2 Å². The van der Waals surface area contributed by atoms with E-state index in [1.54, 1.807) is 6.92 Å². The number of benzene rings is 2. The molecule has 0 aliphatic rings. The lowest BCUT2D eigenvalue weighted by Gasteiger charge is -2.31. The second-order valence-corrected chi connectivity index (χ2v) is 11.5. The van der Waals surface area contributed by atoms with Gasteiger partial charge in [-0.3, -0.25) is 13.9 Å². The van der Waals surface area contributed by atoms with Crippen LogP contribution in [0.3, 0.4) is 0 Å². The van der Waals surface area contributed by atoms with E-state index in [1.165, 1.54) is 23.1 Å². The Hall–Kier alpha value is -1.81. The fourth-order valence-electron chi connectivity index (χ4n) is 3.20. The molecule has 0 aliphatic carbocycles. The first kappa shape index (κ1) is 28.4. The summed E-state index contributed by atoms with van der Waals surface area (Å²) < 4.78 is 26.9. The zero-order chi connectivity index (χ0) is 25.5. The molecule has 7 nitrogen and oxygen atoms in total. The van der Waals surface area contributed by atoms with Gasteiger partial charge in [-0.1, -0.05) is 64.6 Å². The van der Waals surface area contributed by atoms with Crippen molar-refractivity contribution < 1.29 is 18.0 Å². The van der Waals surface area contributed by atoms with Crippen LogP contribution in [0.25, 0.3) is 0 Å². The molecule has 0 heterocycles. The van der Waals surface area contributed by atoms with E-state index >= 15 is 0 Å². The molecule has 11 heteroatoms.